The van der Waals surface area contributed by atoms with Crippen LogP contribution in [-0.2, 0) is 0 Å². The van der Waals surface area contributed by atoms with Gasteiger partial charge in [0, 0.05) is 36.6 Å². The molecule has 0 aliphatic carbocycles. The number of fused-ring (bicyclic) bond motifs is 6. The van der Waals surface area contributed by atoms with Crippen molar-refractivity contribution in [2.75, 3.05) is 0 Å². The molecule has 0 spiro atoms. The van der Waals surface area contributed by atoms with E-state index in [4.69, 9.17) is 7.85 Å². The molecular formula is C24H14BNS. The Labute approximate surface area is 161 Å². The quantitative estimate of drug-likeness (QED) is 0.320. The van der Waals surface area contributed by atoms with Gasteiger partial charge in [-0.1, -0.05) is 60.1 Å². The van der Waals surface area contributed by atoms with Crippen LogP contribution < -0.4 is 5.46 Å². The molecule has 0 aliphatic rings. The Bertz CT molecular complexity index is 1440. The van der Waals surface area contributed by atoms with E-state index in [0.29, 0.717) is 0 Å². The number of benzene rings is 4. The summed E-state index contributed by atoms with van der Waals surface area (Å²) in [5, 5.41) is 5.03. The first-order valence-electron chi connectivity index (χ1n) is 9.00. The molecule has 2 radical (unpaired) electrons. The third-order valence-electron chi connectivity index (χ3n) is 5.33. The van der Waals surface area contributed by atoms with E-state index >= 15 is 0 Å². The van der Waals surface area contributed by atoms with E-state index in [1.165, 1.54) is 42.0 Å². The van der Waals surface area contributed by atoms with E-state index in [1.807, 2.05) is 0 Å². The predicted octanol–water partition coefficient (Wildman–Crippen LogP) is 5.95. The Morgan fingerprint density at radius 1 is 0.630 bits per heavy atom. The molecule has 0 amide bonds. The van der Waals surface area contributed by atoms with Crippen LogP contribution in [0.25, 0.3) is 47.7 Å². The van der Waals surface area contributed by atoms with E-state index in [-0.39, 0.29) is 0 Å². The fraction of sp³-hybridized carbons (Fsp3) is 0. The maximum absolute atomic E-state index is 6.51. The van der Waals surface area contributed by atoms with Gasteiger partial charge >= 0.3 is 0 Å². The fourth-order valence-electron chi connectivity index (χ4n) is 4.17. The van der Waals surface area contributed by atoms with Crippen LogP contribution in [0.5, 0.6) is 0 Å². The third-order valence-corrected chi connectivity index (χ3v) is 6.57. The van der Waals surface area contributed by atoms with Gasteiger partial charge in [-0.05, 0) is 30.3 Å². The van der Waals surface area contributed by atoms with Crippen molar-refractivity contribution >= 4 is 66.6 Å². The summed E-state index contributed by atoms with van der Waals surface area (Å²) in [4.78, 5) is 0. The highest BCUT2D eigenvalue weighted by molar-refractivity contribution is 7.26. The molecule has 2 aromatic heterocycles. The van der Waals surface area contributed by atoms with Crippen molar-refractivity contribution in [3.8, 4) is 5.69 Å². The Hall–Kier alpha value is -3.04. The topological polar surface area (TPSA) is 4.93 Å². The molecule has 0 aliphatic heterocycles. The van der Waals surface area contributed by atoms with E-state index in [1.54, 1.807) is 11.3 Å². The highest BCUT2D eigenvalue weighted by Crippen LogP contribution is 2.36. The third kappa shape index (κ3) is 2.06. The first kappa shape index (κ1) is 15.1. The minimum absolute atomic E-state index is 0.838. The van der Waals surface area contributed by atoms with Crippen LogP contribution in [0.4, 0.5) is 0 Å². The SMILES string of the molecule is [B]c1cc(-n2c3ccccc3c3ccccc32)cc2c1sc1ccccc12. The van der Waals surface area contributed by atoms with Crippen molar-refractivity contribution in [1.82, 2.24) is 4.57 Å². The largest absolute Gasteiger partial charge is 0.309 e. The zero-order valence-corrected chi connectivity index (χ0v) is 15.3. The van der Waals surface area contributed by atoms with Crippen LogP contribution >= 0.6 is 11.3 Å². The van der Waals surface area contributed by atoms with Gasteiger partial charge in [0.15, 0.2) is 0 Å². The number of rotatable bonds is 1. The number of hydrogen-bond donors (Lipinski definition) is 0. The van der Waals surface area contributed by atoms with Crippen molar-refractivity contribution in [2.45, 2.75) is 0 Å². The first-order chi connectivity index (χ1) is 13.3. The van der Waals surface area contributed by atoms with Crippen molar-refractivity contribution in [2.24, 2.45) is 0 Å². The first-order valence-corrected chi connectivity index (χ1v) is 9.82. The number of para-hydroxylation sites is 2. The zero-order chi connectivity index (χ0) is 18.0. The minimum Gasteiger partial charge on any atom is -0.309 e. The zero-order valence-electron chi connectivity index (χ0n) is 14.5. The lowest BCUT2D eigenvalue weighted by molar-refractivity contribution is 1.19. The number of aromatic nitrogens is 1. The molecule has 4 aromatic carbocycles. The maximum Gasteiger partial charge on any atom is 0.115 e. The molecule has 6 aromatic rings. The standard InChI is InChI=1S/C24H14BNS/c25-20-14-15(13-19-18-9-3-6-12-23(18)27-24(19)20)26-21-10-4-1-7-16(21)17-8-2-5-11-22(17)26/h1-14H. The maximum atomic E-state index is 6.51. The summed E-state index contributed by atoms with van der Waals surface area (Å²) in [6.07, 6.45) is 0. The summed E-state index contributed by atoms with van der Waals surface area (Å²) < 4.78 is 4.77. The lowest BCUT2D eigenvalue weighted by Crippen LogP contribution is -2.05. The smallest absolute Gasteiger partial charge is 0.115 e. The average Bonchev–Trinajstić information content (AvgIpc) is 3.24. The summed E-state index contributed by atoms with van der Waals surface area (Å²) in [6, 6.07) is 30.1. The number of thiophene rings is 1. The van der Waals surface area contributed by atoms with E-state index in [9.17, 15) is 0 Å². The lowest BCUT2D eigenvalue weighted by Gasteiger charge is -2.10. The molecule has 0 saturated heterocycles. The van der Waals surface area contributed by atoms with Gasteiger partial charge in [0.25, 0.3) is 0 Å². The molecular weight excluding hydrogens is 345 g/mol. The number of nitrogens with zero attached hydrogens (tertiary/aromatic N) is 1. The molecule has 0 atom stereocenters. The molecule has 6 rings (SSSR count). The van der Waals surface area contributed by atoms with Crippen LogP contribution in [0.2, 0.25) is 0 Å². The van der Waals surface area contributed by atoms with Crippen LogP contribution in [0.15, 0.2) is 84.9 Å². The summed E-state index contributed by atoms with van der Waals surface area (Å²) in [7, 11) is 6.51. The van der Waals surface area contributed by atoms with Gasteiger partial charge in [-0.3, -0.25) is 0 Å². The lowest BCUT2D eigenvalue weighted by atomic mass is 9.93. The predicted molar refractivity (Wildman–Crippen MR) is 119 cm³/mol. The second kappa shape index (κ2) is 5.48. The highest BCUT2D eigenvalue weighted by Gasteiger charge is 2.14. The second-order valence-corrected chi connectivity index (χ2v) is 7.93. The van der Waals surface area contributed by atoms with Crippen LogP contribution in [0.3, 0.4) is 0 Å². The Kier molecular flexibility index (Phi) is 3.06. The average molecular weight is 359 g/mol. The van der Waals surface area contributed by atoms with Crippen molar-refractivity contribution in [3.63, 3.8) is 0 Å². The molecule has 124 valence electrons. The summed E-state index contributed by atoms with van der Waals surface area (Å²) in [5.41, 5.74) is 4.36. The van der Waals surface area contributed by atoms with Gasteiger partial charge < -0.3 is 4.57 Å². The molecule has 1 nitrogen and oxygen atoms in total. The molecule has 0 unspecified atom stereocenters. The molecule has 0 saturated carbocycles. The van der Waals surface area contributed by atoms with Gasteiger partial charge in [0.05, 0.1) is 11.0 Å². The van der Waals surface area contributed by atoms with Crippen molar-refractivity contribution < 1.29 is 0 Å². The van der Waals surface area contributed by atoms with Crippen LogP contribution in [0.1, 0.15) is 0 Å². The van der Waals surface area contributed by atoms with Gasteiger partial charge in [-0.2, -0.15) is 0 Å². The number of hydrogen-bond acceptors (Lipinski definition) is 1. The Balaban J connectivity index is 1.79. The van der Waals surface area contributed by atoms with E-state index in [0.717, 1.165) is 11.2 Å². The summed E-state index contributed by atoms with van der Waals surface area (Å²) >= 11 is 1.77. The summed E-state index contributed by atoms with van der Waals surface area (Å²) in [6.45, 7) is 0. The molecule has 2 heterocycles. The van der Waals surface area contributed by atoms with Gasteiger partial charge in [0.2, 0.25) is 0 Å². The molecule has 0 N–H and O–H groups in total. The second-order valence-electron chi connectivity index (χ2n) is 6.88. The molecule has 3 heteroatoms. The normalized spacial score (nSPS) is 11.9. The molecule has 0 fully saturated rings. The molecule has 0 bridgehead atoms. The van der Waals surface area contributed by atoms with Gasteiger partial charge in [0.1, 0.15) is 7.85 Å². The highest BCUT2D eigenvalue weighted by atomic mass is 32.1. The van der Waals surface area contributed by atoms with Gasteiger partial charge in [-0.25, -0.2) is 0 Å². The Morgan fingerprint density at radius 2 is 1.22 bits per heavy atom. The van der Waals surface area contributed by atoms with Crippen LogP contribution in [0, 0.1) is 0 Å². The van der Waals surface area contributed by atoms with Crippen molar-refractivity contribution in [1.29, 1.82) is 0 Å². The fourth-order valence-corrected chi connectivity index (χ4v) is 5.28. The van der Waals surface area contributed by atoms with E-state index < -0.39 is 0 Å². The minimum atomic E-state index is 0.838. The Morgan fingerprint density at radius 3 is 1.93 bits per heavy atom. The van der Waals surface area contributed by atoms with Crippen molar-refractivity contribution in [3.05, 3.63) is 84.9 Å². The molecule has 27 heavy (non-hydrogen) atoms. The monoisotopic (exact) mass is 359 g/mol. The summed E-state index contributed by atoms with van der Waals surface area (Å²) in [5.74, 6) is 0. The van der Waals surface area contributed by atoms with Crippen LogP contribution in [-0.4, -0.2) is 12.4 Å². The van der Waals surface area contributed by atoms with E-state index in [2.05, 4.69) is 89.5 Å². The van der Waals surface area contributed by atoms with Gasteiger partial charge in [-0.15, -0.1) is 11.3 Å².